The van der Waals surface area contributed by atoms with E-state index in [-0.39, 0.29) is 23.7 Å². The van der Waals surface area contributed by atoms with E-state index in [9.17, 15) is 14.4 Å². The summed E-state index contributed by atoms with van der Waals surface area (Å²) in [7, 11) is 0. The maximum absolute atomic E-state index is 13.2. The molecule has 6 nitrogen and oxygen atoms in total. The van der Waals surface area contributed by atoms with Crippen LogP contribution < -0.4 is 5.32 Å². The summed E-state index contributed by atoms with van der Waals surface area (Å²) in [5.41, 5.74) is 1.65. The Bertz CT molecular complexity index is 798. The zero-order valence-electron chi connectivity index (χ0n) is 22.4. The molecule has 1 saturated heterocycles. The van der Waals surface area contributed by atoms with Crippen LogP contribution in [0.5, 0.6) is 0 Å². The molecule has 1 N–H and O–H groups in total. The van der Waals surface area contributed by atoms with Crippen LogP contribution >= 0.6 is 0 Å². The highest BCUT2D eigenvalue weighted by Crippen LogP contribution is 2.23. The van der Waals surface area contributed by atoms with Crippen LogP contribution in [-0.4, -0.2) is 48.4 Å². The van der Waals surface area contributed by atoms with Crippen molar-refractivity contribution in [1.82, 2.24) is 10.2 Å². The highest BCUT2D eigenvalue weighted by atomic mass is 16.5. The number of piperazine rings is 1. The Morgan fingerprint density at radius 1 is 0.943 bits per heavy atom. The number of amides is 2. The van der Waals surface area contributed by atoms with Gasteiger partial charge in [-0.05, 0) is 29.5 Å². The number of nitrogens with zero attached hydrogens (tertiary/aromatic N) is 1. The quantitative estimate of drug-likeness (QED) is 0.267. The molecule has 2 amide bonds. The maximum Gasteiger partial charge on any atom is 0.308 e. The average molecular weight is 487 g/mol. The van der Waals surface area contributed by atoms with Crippen molar-refractivity contribution in [3.63, 3.8) is 0 Å². The van der Waals surface area contributed by atoms with E-state index in [0.717, 1.165) is 24.8 Å². The molecule has 2 rings (SSSR count). The minimum atomic E-state index is -0.834. The van der Waals surface area contributed by atoms with Crippen LogP contribution in [0.15, 0.2) is 24.3 Å². The summed E-state index contributed by atoms with van der Waals surface area (Å²) in [4.78, 5) is 39.6. The number of carbonyl (C=O) groups is 3. The predicted octanol–water partition coefficient (Wildman–Crippen LogP) is 5.78. The van der Waals surface area contributed by atoms with Gasteiger partial charge in [-0.2, -0.15) is 0 Å². The topological polar surface area (TPSA) is 75.7 Å². The molecule has 0 aliphatic carbocycles. The lowest BCUT2D eigenvalue weighted by atomic mass is 9.86. The normalized spacial score (nSPS) is 16.2. The molecule has 1 fully saturated rings. The summed E-state index contributed by atoms with van der Waals surface area (Å²) in [5.74, 6) is -0.955. The fourth-order valence-electron chi connectivity index (χ4n) is 4.43. The molecule has 0 spiro atoms. The van der Waals surface area contributed by atoms with Crippen molar-refractivity contribution < 1.29 is 19.1 Å². The molecular formula is C29H46N2O4. The first-order valence-electron chi connectivity index (χ1n) is 13.6. The van der Waals surface area contributed by atoms with Crippen LogP contribution in [0.25, 0.3) is 0 Å². The highest BCUT2D eigenvalue weighted by molar-refractivity contribution is 5.99. The summed E-state index contributed by atoms with van der Waals surface area (Å²) in [5, 5.41) is 2.77. The molecule has 6 heteroatoms. The van der Waals surface area contributed by atoms with E-state index in [4.69, 9.17) is 4.74 Å². The van der Waals surface area contributed by atoms with Gasteiger partial charge in [-0.1, -0.05) is 97.6 Å². The number of nitrogens with one attached hydrogen (secondary N) is 1. The van der Waals surface area contributed by atoms with Crippen molar-refractivity contribution in [3.05, 3.63) is 35.4 Å². The fourth-order valence-corrected chi connectivity index (χ4v) is 4.43. The summed E-state index contributed by atoms with van der Waals surface area (Å²) in [6.45, 7) is 9.73. The third-order valence-electron chi connectivity index (χ3n) is 6.71. The minimum absolute atomic E-state index is 0.00682. The molecule has 1 heterocycles. The lowest BCUT2D eigenvalue weighted by Gasteiger charge is -2.34. The maximum atomic E-state index is 13.2. The summed E-state index contributed by atoms with van der Waals surface area (Å²) < 4.78 is 5.40. The number of rotatable bonds is 14. The van der Waals surface area contributed by atoms with Crippen LogP contribution in [0.1, 0.15) is 114 Å². The SMILES string of the molecule is CCCCCCCCCCCCOC(=O)CC1C(=O)NCCN1C(=O)c1ccc(C(C)(C)C)cc1. The number of hydrogen-bond donors (Lipinski definition) is 1. The zero-order chi connectivity index (χ0) is 25.7. The van der Waals surface area contributed by atoms with Gasteiger partial charge < -0.3 is 15.0 Å². The second-order valence-electron chi connectivity index (χ2n) is 10.7. The third-order valence-corrected chi connectivity index (χ3v) is 6.71. The Kier molecular flexibility index (Phi) is 12.3. The van der Waals surface area contributed by atoms with Gasteiger partial charge in [-0.15, -0.1) is 0 Å². The Morgan fingerprint density at radius 3 is 2.09 bits per heavy atom. The number of unbranched alkanes of at least 4 members (excludes halogenated alkanes) is 9. The van der Waals surface area contributed by atoms with Crippen molar-refractivity contribution in [1.29, 1.82) is 0 Å². The zero-order valence-corrected chi connectivity index (χ0v) is 22.4. The van der Waals surface area contributed by atoms with E-state index in [1.54, 1.807) is 12.1 Å². The molecule has 35 heavy (non-hydrogen) atoms. The van der Waals surface area contributed by atoms with Crippen LogP contribution in [0.2, 0.25) is 0 Å². The van der Waals surface area contributed by atoms with Crippen molar-refractivity contribution in [2.45, 2.75) is 110 Å². The molecule has 1 aliphatic heterocycles. The first-order valence-corrected chi connectivity index (χ1v) is 13.6. The van der Waals surface area contributed by atoms with Crippen LogP contribution in [-0.2, 0) is 19.7 Å². The van der Waals surface area contributed by atoms with Crippen LogP contribution in [0.3, 0.4) is 0 Å². The minimum Gasteiger partial charge on any atom is -0.466 e. The molecule has 1 atom stereocenters. The van der Waals surface area contributed by atoms with Gasteiger partial charge in [0.05, 0.1) is 13.0 Å². The van der Waals surface area contributed by atoms with Gasteiger partial charge in [0.15, 0.2) is 0 Å². The first-order chi connectivity index (χ1) is 16.7. The molecule has 1 unspecified atom stereocenters. The van der Waals surface area contributed by atoms with Crippen molar-refractivity contribution in [2.75, 3.05) is 19.7 Å². The molecule has 1 aliphatic rings. The largest absolute Gasteiger partial charge is 0.466 e. The second-order valence-corrected chi connectivity index (χ2v) is 10.7. The van der Waals surface area contributed by atoms with Gasteiger partial charge in [0, 0.05) is 18.7 Å². The Morgan fingerprint density at radius 2 is 1.51 bits per heavy atom. The van der Waals surface area contributed by atoms with E-state index in [1.807, 2.05) is 12.1 Å². The van der Waals surface area contributed by atoms with Gasteiger partial charge in [0.1, 0.15) is 6.04 Å². The standard InChI is InChI=1S/C29H46N2O4/c1-5-6-7-8-9-10-11-12-13-14-21-35-26(32)22-25-27(33)30-19-20-31(25)28(34)23-15-17-24(18-16-23)29(2,3)4/h15-18,25H,5-14,19-22H2,1-4H3,(H,30,33). The highest BCUT2D eigenvalue weighted by Gasteiger charge is 2.35. The number of esters is 1. The van der Waals surface area contributed by atoms with E-state index >= 15 is 0 Å². The Labute approximate surface area is 212 Å². The van der Waals surface area contributed by atoms with Crippen molar-refractivity contribution >= 4 is 17.8 Å². The number of carbonyl (C=O) groups excluding carboxylic acids is 3. The fraction of sp³-hybridized carbons (Fsp3) is 0.690. The number of benzene rings is 1. The Hall–Kier alpha value is -2.37. The third kappa shape index (κ3) is 10.0. The lowest BCUT2D eigenvalue weighted by molar-refractivity contribution is -0.147. The number of ether oxygens (including phenoxy) is 1. The van der Waals surface area contributed by atoms with E-state index in [1.165, 1.54) is 49.8 Å². The molecule has 0 bridgehead atoms. The lowest BCUT2D eigenvalue weighted by Crippen LogP contribution is -2.57. The van der Waals surface area contributed by atoms with Crippen molar-refractivity contribution in [2.24, 2.45) is 0 Å². The Balaban J connectivity index is 1.75. The first kappa shape index (κ1) is 28.9. The molecule has 0 radical (unpaired) electrons. The smallest absolute Gasteiger partial charge is 0.308 e. The molecule has 0 saturated carbocycles. The van der Waals surface area contributed by atoms with Gasteiger partial charge in [-0.3, -0.25) is 14.4 Å². The molecule has 196 valence electrons. The van der Waals surface area contributed by atoms with Crippen molar-refractivity contribution in [3.8, 4) is 0 Å². The monoisotopic (exact) mass is 486 g/mol. The van der Waals surface area contributed by atoms with E-state index < -0.39 is 12.0 Å². The van der Waals surface area contributed by atoms with E-state index in [2.05, 4.69) is 33.0 Å². The van der Waals surface area contributed by atoms with Crippen LogP contribution in [0.4, 0.5) is 0 Å². The van der Waals surface area contributed by atoms with Crippen LogP contribution in [0, 0.1) is 0 Å². The molecular weight excluding hydrogens is 440 g/mol. The van der Waals surface area contributed by atoms with Gasteiger partial charge in [0.2, 0.25) is 5.91 Å². The average Bonchev–Trinajstić information content (AvgIpc) is 2.83. The van der Waals surface area contributed by atoms with Gasteiger partial charge >= 0.3 is 5.97 Å². The van der Waals surface area contributed by atoms with Gasteiger partial charge in [-0.25, -0.2) is 0 Å². The predicted molar refractivity (Wildman–Crippen MR) is 140 cm³/mol. The van der Waals surface area contributed by atoms with Gasteiger partial charge in [0.25, 0.3) is 5.91 Å². The summed E-state index contributed by atoms with van der Waals surface area (Å²) in [6, 6.07) is 6.67. The molecule has 0 aromatic heterocycles. The van der Waals surface area contributed by atoms with E-state index in [0.29, 0.717) is 25.3 Å². The summed E-state index contributed by atoms with van der Waals surface area (Å²) >= 11 is 0. The second kappa shape index (κ2) is 14.9. The molecule has 1 aromatic rings. The molecule has 1 aromatic carbocycles. The summed E-state index contributed by atoms with van der Waals surface area (Å²) in [6.07, 6.45) is 12.0. The number of hydrogen-bond acceptors (Lipinski definition) is 4.